The SMILES string of the molecule is Clc1cccc(C(c2ccncc2)(c2ccc(CN3CCCC3)cc2)n2ccnc2)c1. The van der Waals surface area contributed by atoms with Crippen molar-refractivity contribution in [1.82, 2.24) is 19.4 Å². The number of benzene rings is 2. The predicted molar refractivity (Wildman–Crippen MR) is 124 cm³/mol. The Morgan fingerprint density at radius 3 is 2.23 bits per heavy atom. The minimum atomic E-state index is -0.601. The molecular formula is C26H25ClN4. The van der Waals surface area contributed by atoms with Crippen molar-refractivity contribution in [2.45, 2.75) is 24.9 Å². The van der Waals surface area contributed by atoms with Gasteiger partial charge in [0.2, 0.25) is 0 Å². The molecule has 0 saturated carbocycles. The lowest BCUT2D eigenvalue weighted by molar-refractivity contribution is 0.331. The fraction of sp³-hybridized carbons (Fsp3) is 0.231. The number of imidazole rings is 1. The Bertz CT molecular complexity index is 1120. The smallest absolute Gasteiger partial charge is 0.121 e. The molecule has 1 fully saturated rings. The number of rotatable bonds is 6. The second kappa shape index (κ2) is 8.66. The third kappa shape index (κ3) is 3.78. The van der Waals surface area contributed by atoms with Crippen molar-refractivity contribution < 1.29 is 0 Å². The van der Waals surface area contributed by atoms with E-state index >= 15 is 0 Å². The van der Waals surface area contributed by atoms with Gasteiger partial charge in [-0.3, -0.25) is 9.88 Å². The van der Waals surface area contributed by atoms with E-state index in [0.29, 0.717) is 5.02 Å². The molecule has 3 heterocycles. The molecule has 4 aromatic rings. The van der Waals surface area contributed by atoms with E-state index in [0.717, 1.165) is 23.2 Å². The van der Waals surface area contributed by atoms with Gasteiger partial charge in [-0.1, -0.05) is 48.0 Å². The second-order valence-electron chi connectivity index (χ2n) is 8.11. The highest BCUT2D eigenvalue weighted by Gasteiger charge is 2.38. The maximum Gasteiger partial charge on any atom is 0.121 e. The van der Waals surface area contributed by atoms with Gasteiger partial charge in [0.25, 0.3) is 0 Å². The minimum absolute atomic E-state index is 0.601. The number of hydrogen-bond donors (Lipinski definition) is 0. The van der Waals surface area contributed by atoms with Gasteiger partial charge >= 0.3 is 0 Å². The molecule has 2 aromatic carbocycles. The summed E-state index contributed by atoms with van der Waals surface area (Å²) in [4.78, 5) is 11.2. The van der Waals surface area contributed by atoms with Crippen molar-refractivity contribution in [2.24, 2.45) is 0 Å². The molecule has 1 aliphatic heterocycles. The van der Waals surface area contributed by atoms with Crippen molar-refractivity contribution in [3.05, 3.63) is 119 Å². The van der Waals surface area contributed by atoms with E-state index in [9.17, 15) is 0 Å². The van der Waals surface area contributed by atoms with E-state index in [1.807, 2.05) is 49.3 Å². The van der Waals surface area contributed by atoms with Crippen molar-refractivity contribution >= 4 is 11.6 Å². The molecule has 5 rings (SSSR count). The monoisotopic (exact) mass is 428 g/mol. The number of hydrogen-bond acceptors (Lipinski definition) is 3. The highest BCUT2D eigenvalue weighted by molar-refractivity contribution is 6.30. The first-order valence-corrected chi connectivity index (χ1v) is 11.1. The average molecular weight is 429 g/mol. The summed E-state index contributed by atoms with van der Waals surface area (Å²) in [5.41, 5.74) is 4.08. The van der Waals surface area contributed by atoms with Gasteiger partial charge in [-0.25, -0.2) is 4.98 Å². The van der Waals surface area contributed by atoms with Crippen LogP contribution >= 0.6 is 11.6 Å². The number of likely N-dealkylation sites (tertiary alicyclic amines) is 1. The maximum absolute atomic E-state index is 6.46. The molecule has 0 amide bonds. The van der Waals surface area contributed by atoms with Gasteiger partial charge < -0.3 is 4.57 Å². The third-order valence-electron chi connectivity index (χ3n) is 6.21. The Morgan fingerprint density at radius 1 is 0.806 bits per heavy atom. The largest absolute Gasteiger partial charge is 0.319 e. The van der Waals surface area contributed by atoms with Crippen LogP contribution in [-0.4, -0.2) is 32.5 Å². The first-order chi connectivity index (χ1) is 15.3. The number of pyridine rings is 1. The van der Waals surface area contributed by atoms with Crippen LogP contribution in [0.2, 0.25) is 5.02 Å². The molecule has 0 spiro atoms. The molecule has 156 valence electrons. The summed E-state index contributed by atoms with van der Waals surface area (Å²) in [5, 5.41) is 0.710. The van der Waals surface area contributed by atoms with Gasteiger partial charge in [0.1, 0.15) is 5.54 Å². The van der Waals surface area contributed by atoms with Crippen LogP contribution in [0.4, 0.5) is 0 Å². The summed E-state index contributed by atoms with van der Waals surface area (Å²) >= 11 is 6.46. The normalized spacial score (nSPS) is 16.3. The summed E-state index contributed by atoms with van der Waals surface area (Å²) in [6.45, 7) is 3.39. The highest BCUT2D eigenvalue weighted by Crippen LogP contribution is 2.41. The lowest BCUT2D eigenvalue weighted by Crippen LogP contribution is -2.37. The van der Waals surface area contributed by atoms with Gasteiger partial charge in [-0.15, -0.1) is 0 Å². The topological polar surface area (TPSA) is 34.0 Å². The van der Waals surface area contributed by atoms with Crippen LogP contribution in [0.15, 0.2) is 91.8 Å². The molecule has 0 N–H and O–H groups in total. The van der Waals surface area contributed by atoms with Crippen molar-refractivity contribution in [3.63, 3.8) is 0 Å². The molecule has 0 radical (unpaired) electrons. The molecule has 1 atom stereocenters. The zero-order chi connectivity index (χ0) is 21.1. The zero-order valence-electron chi connectivity index (χ0n) is 17.4. The molecule has 0 aliphatic carbocycles. The molecule has 5 heteroatoms. The standard InChI is InChI=1S/C26H25ClN4/c27-25-5-3-4-24(18-25)26(31-17-14-29-20-31,23-10-12-28-13-11-23)22-8-6-21(7-9-22)19-30-15-1-2-16-30/h3-14,17-18,20H,1-2,15-16,19H2. The molecule has 4 nitrogen and oxygen atoms in total. The van der Waals surface area contributed by atoms with E-state index in [2.05, 4.69) is 61.9 Å². The summed E-state index contributed by atoms with van der Waals surface area (Å²) in [6.07, 6.45) is 12.0. The fourth-order valence-corrected chi connectivity index (χ4v) is 4.95. The first kappa shape index (κ1) is 20.0. The number of aromatic nitrogens is 3. The van der Waals surface area contributed by atoms with Crippen LogP contribution in [-0.2, 0) is 12.1 Å². The van der Waals surface area contributed by atoms with Crippen molar-refractivity contribution in [3.8, 4) is 0 Å². The van der Waals surface area contributed by atoms with Gasteiger partial charge in [0.05, 0.1) is 6.33 Å². The van der Waals surface area contributed by atoms with Crippen LogP contribution in [0.5, 0.6) is 0 Å². The Morgan fingerprint density at radius 2 is 1.55 bits per heavy atom. The van der Waals surface area contributed by atoms with Crippen LogP contribution in [0.3, 0.4) is 0 Å². The lowest BCUT2D eigenvalue weighted by atomic mass is 9.77. The highest BCUT2D eigenvalue weighted by atomic mass is 35.5. The van der Waals surface area contributed by atoms with Gasteiger partial charge in [0, 0.05) is 36.4 Å². The van der Waals surface area contributed by atoms with Gasteiger partial charge in [0.15, 0.2) is 0 Å². The fourth-order valence-electron chi connectivity index (χ4n) is 4.76. The summed E-state index contributed by atoms with van der Waals surface area (Å²) in [6, 6.07) is 21.2. The molecule has 1 aliphatic rings. The lowest BCUT2D eigenvalue weighted by Gasteiger charge is -2.37. The van der Waals surface area contributed by atoms with Crippen LogP contribution in [0.1, 0.15) is 35.1 Å². The average Bonchev–Trinajstić information content (AvgIpc) is 3.51. The third-order valence-corrected chi connectivity index (χ3v) is 6.44. The minimum Gasteiger partial charge on any atom is -0.319 e. The van der Waals surface area contributed by atoms with Gasteiger partial charge in [-0.05, 0) is 72.5 Å². The molecule has 2 aromatic heterocycles. The van der Waals surface area contributed by atoms with Crippen molar-refractivity contribution in [2.75, 3.05) is 13.1 Å². The van der Waals surface area contributed by atoms with Crippen LogP contribution in [0.25, 0.3) is 0 Å². The van der Waals surface area contributed by atoms with E-state index < -0.39 is 5.54 Å². The predicted octanol–water partition coefficient (Wildman–Crippen LogP) is 5.37. The summed E-state index contributed by atoms with van der Waals surface area (Å²) in [7, 11) is 0. The Labute approximate surface area is 188 Å². The molecule has 31 heavy (non-hydrogen) atoms. The van der Waals surface area contributed by atoms with Crippen LogP contribution in [0, 0.1) is 0 Å². The summed E-state index contributed by atoms with van der Waals surface area (Å²) < 4.78 is 2.16. The molecular weight excluding hydrogens is 404 g/mol. The number of nitrogens with zero attached hydrogens (tertiary/aromatic N) is 4. The van der Waals surface area contributed by atoms with E-state index in [1.54, 1.807) is 0 Å². The molecule has 1 unspecified atom stereocenters. The van der Waals surface area contributed by atoms with Crippen molar-refractivity contribution in [1.29, 1.82) is 0 Å². The maximum atomic E-state index is 6.46. The Kier molecular flexibility index (Phi) is 5.58. The summed E-state index contributed by atoms with van der Waals surface area (Å²) in [5.74, 6) is 0. The Balaban J connectivity index is 1.68. The molecule has 0 bridgehead atoms. The van der Waals surface area contributed by atoms with Crippen LogP contribution < -0.4 is 0 Å². The van der Waals surface area contributed by atoms with Gasteiger partial charge in [-0.2, -0.15) is 0 Å². The zero-order valence-corrected chi connectivity index (χ0v) is 18.1. The van der Waals surface area contributed by atoms with E-state index in [4.69, 9.17) is 11.6 Å². The Hall–Kier alpha value is -2.95. The molecule has 1 saturated heterocycles. The quantitative estimate of drug-likeness (QED) is 0.414. The number of halogens is 1. The first-order valence-electron chi connectivity index (χ1n) is 10.7. The second-order valence-corrected chi connectivity index (χ2v) is 8.54. The van der Waals surface area contributed by atoms with E-state index in [1.165, 1.54) is 31.5 Å². The van der Waals surface area contributed by atoms with E-state index in [-0.39, 0.29) is 0 Å².